The Kier molecular flexibility index (Phi) is 8.34. The zero-order valence-corrected chi connectivity index (χ0v) is 19.3. The number of carbonyl (C=O) groups is 4. The number of carbonyl (C=O) groups excluding carboxylic acids is 4. The molecule has 0 saturated heterocycles. The van der Waals surface area contributed by atoms with Crippen molar-refractivity contribution in [1.29, 1.82) is 0 Å². The number of amides is 1. The molecule has 2 rings (SSSR count). The van der Waals surface area contributed by atoms with Crippen LogP contribution in [0, 0.1) is 26.7 Å². The molecule has 2 N–H and O–H groups in total. The van der Waals surface area contributed by atoms with E-state index < -0.39 is 30.4 Å². The van der Waals surface area contributed by atoms with Gasteiger partial charge in [0.05, 0.1) is 6.61 Å². The first-order chi connectivity index (χ1) is 15.1. The van der Waals surface area contributed by atoms with Gasteiger partial charge in [-0.3, -0.25) is 9.59 Å². The summed E-state index contributed by atoms with van der Waals surface area (Å²) in [4.78, 5) is 52.9. The second-order valence-corrected chi connectivity index (χ2v) is 7.89. The van der Waals surface area contributed by atoms with Gasteiger partial charge >= 0.3 is 11.9 Å². The largest absolute Gasteiger partial charge is 0.461 e. The average molecular weight is 443 g/mol. The predicted octanol–water partition coefficient (Wildman–Crippen LogP) is 3.30. The Hall–Kier alpha value is -3.42. The molecule has 1 amide bonds. The lowest BCUT2D eigenvalue weighted by molar-refractivity contribution is -0.145. The molecule has 0 aliphatic carbocycles. The molecule has 1 aromatic heterocycles. The van der Waals surface area contributed by atoms with Crippen LogP contribution in [0.3, 0.4) is 0 Å². The molecule has 0 aliphatic heterocycles. The van der Waals surface area contributed by atoms with Crippen LogP contribution in [0.1, 0.15) is 68.8 Å². The number of nitrogens with one attached hydrogen (secondary N) is 2. The Morgan fingerprint density at radius 1 is 1.03 bits per heavy atom. The number of hydrogen-bond acceptors (Lipinski definition) is 6. The van der Waals surface area contributed by atoms with E-state index in [9.17, 15) is 19.2 Å². The third kappa shape index (κ3) is 5.63. The van der Waals surface area contributed by atoms with E-state index in [1.54, 1.807) is 46.8 Å². The van der Waals surface area contributed by atoms with E-state index in [2.05, 4.69) is 10.3 Å². The lowest BCUT2D eigenvalue weighted by Gasteiger charge is -2.21. The Bertz CT molecular complexity index is 1020. The topological polar surface area (TPSA) is 115 Å². The first kappa shape index (κ1) is 24.8. The van der Waals surface area contributed by atoms with E-state index in [0.717, 1.165) is 5.56 Å². The van der Waals surface area contributed by atoms with E-state index in [1.165, 1.54) is 0 Å². The second-order valence-electron chi connectivity index (χ2n) is 7.89. The highest BCUT2D eigenvalue weighted by Gasteiger charge is 2.28. The number of Topliss-reactive ketones (excluding diaryl/α,β-unsaturated/α-hetero) is 1. The Balaban J connectivity index is 2.09. The molecule has 172 valence electrons. The van der Waals surface area contributed by atoms with Crippen molar-refractivity contribution in [3.05, 3.63) is 57.9 Å². The number of aryl methyl sites for hydroxylation is 2. The number of H-pyrrole nitrogens is 1. The fraction of sp³-hybridized carbons (Fsp3) is 0.417. The normalized spacial score (nSPS) is 11.7. The molecule has 8 heteroatoms. The summed E-state index contributed by atoms with van der Waals surface area (Å²) in [6.07, 6.45) is 0. The molecule has 1 atom stereocenters. The van der Waals surface area contributed by atoms with E-state index in [4.69, 9.17) is 9.47 Å². The van der Waals surface area contributed by atoms with Gasteiger partial charge in [-0.15, -0.1) is 0 Å². The van der Waals surface area contributed by atoms with Crippen LogP contribution in [-0.4, -0.2) is 47.9 Å². The first-order valence-electron chi connectivity index (χ1n) is 10.5. The molecule has 0 radical (unpaired) electrons. The average Bonchev–Trinajstić information content (AvgIpc) is 3.04. The minimum absolute atomic E-state index is 0.199. The molecule has 2 aromatic rings. The van der Waals surface area contributed by atoms with Gasteiger partial charge in [-0.25, -0.2) is 9.59 Å². The molecular formula is C24H30N2O6. The maximum atomic E-state index is 12.7. The van der Waals surface area contributed by atoms with Crippen molar-refractivity contribution in [2.24, 2.45) is 5.92 Å². The summed E-state index contributed by atoms with van der Waals surface area (Å²) in [6, 6.07) is 6.13. The predicted molar refractivity (Wildman–Crippen MR) is 119 cm³/mol. The molecular weight excluding hydrogens is 412 g/mol. The van der Waals surface area contributed by atoms with Crippen molar-refractivity contribution < 1.29 is 28.7 Å². The summed E-state index contributed by atoms with van der Waals surface area (Å²) in [5.41, 5.74) is 2.66. The minimum Gasteiger partial charge on any atom is -0.461 e. The molecule has 32 heavy (non-hydrogen) atoms. The summed E-state index contributed by atoms with van der Waals surface area (Å²) in [5.74, 6) is -2.35. The van der Waals surface area contributed by atoms with Crippen LogP contribution in [0.4, 0.5) is 0 Å². The molecule has 8 nitrogen and oxygen atoms in total. The van der Waals surface area contributed by atoms with Crippen LogP contribution in [0.2, 0.25) is 0 Å². The summed E-state index contributed by atoms with van der Waals surface area (Å²) in [7, 11) is 0. The number of rotatable bonds is 9. The molecule has 0 fully saturated rings. The van der Waals surface area contributed by atoms with Crippen LogP contribution in [-0.2, 0) is 14.3 Å². The molecule has 1 heterocycles. The van der Waals surface area contributed by atoms with E-state index in [1.807, 2.05) is 19.1 Å². The molecule has 1 aromatic carbocycles. The monoisotopic (exact) mass is 442 g/mol. The van der Waals surface area contributed by atoms with Gasteiger partial charge < -0.3 is 19.8 Å². The van der Waals surface area contributed by atoms with Gasteiger partial charge in [0.2, 0.25) is 5.78 Å². The van der Waals surface area contributed by atoms with Crippen molar-refractivity contribution in [3.8, 4) is 0 Å². The van der Waals surface area contributed by atoms with E-state index >= 15 is 0 Å². The van der Waals surface area contributed by atoms with Crippen LogP contribution in [0.15, 0.2) is 24.3 Å². The molecule has 0 bridgehead atoms. The SMILES string of the molecule is CCOC(=O)c1[nH]c(C)c(C(=O)COC(=O)[C@@H](NC(=O)c2ccccc2C)C(C)C)c1C. The number of aromatic amines is 1. The number of ketones is 1. The zero-order valence-electron chi connectivity index (χ0n) is 19.3. The Morgan fingerprint density at radius 2 is 1.69 bits per heavy atom. The van der Waals surface area contributed by atoms with Gasteiger partial charge in [-0.1, -0.05) is 32.0 Å². The van der Waals surface area contributed by atoms with E-state index in [-0.39, 0.29) is 29.7 Å². The van der Waals surface area contributed by atoms with Gasteiger partial charge in [0.25, 0.3) is 5.91 Å². The van der Waals surface area contributed by atoms with Gasteiger partial charge in [-0.2, -0.15) is 0 Å². The van der Waals surface area contributed by atoms with Gasteiger partial charge in [0.1, 0.15) is 11.7 Å². The lowest BCUT2D eigenvalue weighted by Crippen LogP contribution is -2.45. The maximum absolute atomic E-state index is 12.7. The van der Waals surface area contributed by atoms with Crippen molar-refractivity contribution in [2.45, 2.75) is 47.6 Å². The summed E-state index contributed by atoms with van der Waals surface area (Å²) < 4.78 is 10.2. The number of ether oxygens (including phenoxy) is 2. The van der Waals surface area contributed by atoms with Gasteiger partial charge in [0, 0.05) is 16.8 Å². The smallest absolute Gasteiger partial charge is 0.355 e. The third-order valence-corrected chi connectivity index (χ3v) is 5.14. The standard InChI is InChI=1S/C24H30N2O6/c1-7-31-24(30)21-15(5)19(16(6)25-21)18(27)12-32-23(29)20(13(2)3)26-22(28)17-11-9-8-10-14(17)4/h8-11,13,20,25H,7,12H2,1-6H3,(H,26,28)/t20-/m0/s1. The quantitative estimate of drug-likeness (QED) is 0.455. The van der Waals surface area contributed by atoms with Crippen LogP contribution in [0.25, 0.3) is 0 Å². The first-order valence-corrected chi connectivity index (χ1v) is 10.5. The Labute approximate surface area is 187 Å². The highest BCUT2D eigenvalue weighted by Crippen LogP contribution is 2.20. The molecule has 0 unspecified atom stereocenters. The van der Waals surface area contributed by atoms with Gasteiger partial charge in [-0.05, 0) is 50.8 Å². The number of aromatic nitrogens is 1. The van der Waals surface area contributed by atoms with Gasteiger partial charge in [0.15, 0.2) is 6.61 Å². The fourth-order valence-electron chi connectivity index (χ4n) is 3.42. The van der Waals surface area contributed by atoms with Crippen molar-refractivity contribution >= 4 is 23.6 Å². The molecule has 0 aliphatic rings. The maximum Gasteiger partial charge on any atom is 0.355 e. The molecule has 0 saturated carbocycles. The van der Waals surface area contributed by atoms with Crippen molar-refractivity contribution in [1.82, 2.24) is 10.3 Å². The second kappa shape index (κ2) is 10.7. The highest BCUT2D eigenvalue weighted by atomic mass is 16.5. The van der Waals surface area contributed by atoms with Crippen molar-refractivity contribution in [2.75, 3.05) is 13.2 Å². The summed E-state index contributed by atoms with van der Waals surface area (Å²) in [5, 5.41) is 2.70. The third-order valence-electron chi connectivity index (χ3n) is 5.14. The minimum atomic E-state index is -0.918. The Morgan fingerprint density at radius 3 is 2.28 bits per heavy atom. The zero-order chi connectivity index (χ0) is 24.0. The fourth-order valence-corrected chi connectivity index (χ4v) is 3.42. The number of hydrogen-bond donors (Lipinski definition) is 2. The number of esters is 2. The number of benzene rings is 1. The highest BCUT2D eigenvalue weighted by molar-refractivity contribution is 6.04. The van der Waals surface area contributed by atoms with E-state index in [0.29, 0.717) is 16.8 Å². The van der Waals surface area contributed by atoms with Crippen LogP contribution in [0.5, 0.6) is 0 Å². The lowest BCUT2D eigenvalue weighted by atomic mass is 10.0. The summed E-state index contributed by atoms with van der Waals surface area (Å²) in [6.45, 7) is 10.0. The van der Waals surface area contributed by atoms with Crippen LogP contribution >= 0.6 is 0 Å². The van der Waals surface area contributed by atoms with Crippen LogP contribution < -0.4 is 5.32 Å². The molecule has 0 spiro atoms. The van der Waals surface area contributed by atoms with Crippen molar-refractivity contribution in [3.63, 3.8) is 0 Å². The summed E-state index contributed by atoms with van der Waals surface area (Å²) >= 11 is 0.